The van der Waals surface area contributed by atoms with Crippen LogP contribution in [-0.4, -0.2) is 35.1 Å². The predicted octanol–water partition coefficient (Wildman–Crippen LogP) is 0.155. The van der Waals surface area contributed by atoms with Crippen molar-refractivity contribution in [3.63, 3.8) is 0 Å². The van der Waals surface area contributed by atoms with Crippen molar-refractivity contribution in [2.24, 2.45) is 5.92 Å². The summed E-state index contributed by atoms with van der Waals surface area (Å²) in [4.78, 5) is 0. The van der Waals surface area contributed by atoms with Gasteiger partial charge in [-0.1, -0.05) is 13.8 Å². The van der Waals surface area contributed by atoms with Gasteiger partial charge in [0.25, 0.3) is 0 Å². The van der Waals surface area contributed by atoms with Crippen LogP contribution in [0.25, 0.3) is 0 Å². The van der Waals surface area contributed by atoms with Gasteiger partial charge in [0.2, 0.25) is 0 Å². The molecule has 0 spiro atoms. The minimum atomic E-state index is -0.487. The Kier molecular flexibility index (Phi) is 2.52. The summed E-state index contributed by atoms with van der Waals surface area (Å²) >= 11 is 0. The van der Waals surface area contributed by atoms with Gasteiger partial charge in [-0.15, -0.1) is 0 Å². The fourth-order valence-corrected chi connectivity index (χ4v) is 1.60. The Hall–Kier alpha value is -0.120. The normalized spacial score (nSPS) is 44.7. The summed E-state index contributed by atoms with van der Waals surface area (Å²) in [7, 11) is 0. The average molecular weight is 160 g/mol. The Bertz CT molecular complexity index is 131. The van der Waals surface area contributed by atoms with E-state index in [2.05, 4.69) is 0 Å². The summed E-state index contributed by atoms with van der Waals surface area (Å²) in [5.41, 5.74) is -0.487. The van der Waals surface area contributed by atoms with Crippen LogP contribution in [0.15, 0.2) is 0 Å². The number of aliphatic hydroxyl groups is 2. The van der Waals surface area contributed by atoms with Crippen LogP contribution in [-0.2, 0) is 4.74 Å². The van der Waals surface area contributed by atoms with Crippen LogP contribution in [0.1, 0.15) is 20.3 Å². The smallest absolute Gasteiger partial charge is 0.0961 e. The van der Waals surface area contributed by atoms with Gasteiger partial charge in [0, 0.05) is 5.92 Å². The Balaban J connectivity index is 2.69. The van der Waals surface area contributed by atoms with Crippen LogP contribution < -0.4 is 0 Å². The Morgan fingerprint density at radius 3 is 2.45 bits per heavy atom. The summed E-state index contributed by atoms with van der Waals surface area (Å²) in [6, 6.07) is 0. The van der Waals surface area contributed by atoms with Crippen molar-refractivity contribution >= 4 is 0 Å². The van der Waals surface area contributed by atoms with Gasteiger partial charge < -0.3 is 14.9 Å². The quantitative estimate of drug-likeness (QED) is 0.604. The van der Waals surface area contributed by atoms with Crippen LogP contribution in [0, 0.1) is 5.92 Å². The van der Waals surface area contributed by atoms with E-state index in [0.29, 0.717) is 6.61 Å². The zero-order valence-corrected chi connectivity index (χ0v) is 7.08. The highest BCUT2D eigenvalue weighted by molar-refractivity contribution is 4.93. The van der Waals surface area contributed by atoms with Crippen molar-refractivity contribution in [3.8, 4) is 0 Å². The molecule has 0 saturated carbocycles. The van der Waals surface area contributed by atoms with Crippen LogP contribution in [0.2, 0.25) is 0 Å². The molecule has 0 radical (unpaired) electrons. The summed E-state index contributed by atoms with van der Waals surface area (Å²) in [5.74, 6) is 0.0394. The van der Waals surface area contributed by atoms with E-state index in [4.69, 9.17) is 9.84 Å². The van der Waals surface area contributed by atoms with E-state index in [0.717, 1.165) is 6.42 Å². The summed E-state index contributed by atoms with van der Waals surface area (Å²) in [5, 5.41) is 18.4. The monoisotopic (exact) mass is 160 g/mol. The topological polar surface area (TPSA) is 49.7 Å². The minimum Gasteiger partial charge on any atom is -0.393 e. The van der Waals surface area contributed by atoms with E-state index in [1.807, 2.05) is 13.8 Å². The van der Waals surface area contributed by atoms with Crippen molar-refractivity contribution in [1.82, 2.24) is 0 Å². The molecule has 3 heteroatoms. The summed E-state index contributed by atoms with van der Waals surface area (Å²) in [6.07, 6.45) is 0.337. The van der Waals surface area contributed by atoms with E-state index >= 15 is 0 Å². The van der Waals surface area contributed by atoms with Crippen LogP contribution in [0.3, 0.4) is 0 Å². The second-order valence-electron chi connectivity index (χ2n) is 3.24. The highest BCUT2D eigenvalue weighted by Crippen LogP contribution is 2.34. The molecule has 2 N–H and O–H groups in total. The molecule has 1 aliphatic rings. The van der Waals surface area contributed by atoms with E-state index in [1.165, 1.54) is 0 Å². The van der Waals surface area contributed by atoms with Gasteiger partial charge in [0.05, 0.1) is 24.9 Å². The van der Waals surface area contributed by atoms with Crippen molar-refractivity contribution in [2.75, 3.05) is 13.2 Å². The first-order chi connectivity index (χ1) is 5.16. The lowest BCUT2D eigenvalue weighted by Crippen LogP contribution is -2.39. The standard InChI is InChI=1S/C8H16O3/c1-3-8(5-9)6(2)7(10)4-11-8/h6-7,9-10H,3-5H2,1-2H3/t6-,7+,8-/m1/s1. The average Bonchev–Trinajstić information content (AvgIpc) is 2.32. The van der Waals surface area contributed by atoms with Gasteiger partial charge in [-0.05, 0) is 6.42 Å². The van der Waals surface area contributed by atoms with Crippen molar-refractivity contribution in [3.05, 3.63) is 0 Å². The molecule has 0 aromatic rings. The van der Waals surface area contributed by atoms with Crippen molar-refractivity contribution in [1.29, 1.82) is 0 Å². The molecule has 66 valence electrons. The number of aliphatic hydroxyl groups excluding tert-OH is 2. The van der Waals surface area contributed by atoms with E-state index < -0.39 is 11.7 Å². The van der Waals surface area contributed by atoms with Crippen LogP contribution >= 0.6 is 0 Å². The molecule has 0 unspecified atom stereocenters. The highest BCUT2D eigenvalue weighted by Gasteiger charge is 2.44. The number of rotatable bonds is 2. The van der Waals surface area contributed by atoms with Gasteiger partial charge >= 0.3 is 0 Å². The van der Waals surface area contributed by atoms with Gasteiger partial charge in [0.15, 0.2) is 0 Å². The molecule has 1 heterocycles. The maximum absolute atomic E-state index is 9.36. The van der Waals surface area contributed by atoms with E-state index in [9.17, 15) is 5.11 Å². The summed E-state index contributed by atoms with van der Waals surface area (Å²) < 4.78 is 5.36. The maximum atomic E-state index is 9.36. The molecule has 3 nitrogen and oxygen atoms in total. The van der Waals surface area contributed by atoms with Gasteiger partial charge in [-0.2, -0.15) is 0 Å². The molecule has 1 fully saturated rings. The maximum Gasteiger partial charge on any atom is 0.0961 e. The second kappa shape index (κ2) is 3.09. The molecular weight excluding hydrogens is 144 g/mol. The SMILES string of the molecule is CC[C@]1(CO)OC[C@H](O)[C@H]1C. The second-order valence-corrected chi connectivity index (χ2v) is 3.24. The molecular formula is C8H16O3. The van der Waals surface area contributed by atoms with Gasteiger partial charge in [-0.3, -0.25) is 0 Å². The molecule has 0 aromatic carbocycles. The fourth-order valence-electron chi connectivity index (χ4n) is 1.60. The number of ether oxygens (including phenoxy) is 1. The largest absolute Gasteiger partial charge is 0.393 e. The molecule has 0 aromatic heterocycles. The molecule has 0 aliphatic carbocycles. The highest BCUT2D eigenvalue weighted by atomic mass is 16.5. The van der Waals surface area contributed by atoms with Crippen molar-refractivity contribution in [2.45, 2.75) is 32.0 Å². The van der Waals surface area contributed by atoms with Crippen molar-refractivity contribution < 1.29 is 14.9 Å². The zero-order chi connectivity index (χ0) is 8.48. The minimum absolute atomic E-state index is 0.00171. The first kappa shape index (κ1) is 8.97. The molecule has 11 heavy (non-hydrogen) atoms. The van der Waals surface area contributed by atoms with Crippen LogP contribution in [0.5, 0.6) is 0 Å². The third-order valence-corrected chi connectivity index (χ3v) is 2.81. The molecule has 3 atom stereocenters. The van der Waals surface area contributed by atoms with Crippen LogP contribution in [0.4, 0.5) is 0 Å². The molecule has 1 aliphatic heterocycles. The molecule has 1 rings (SSSR count). The van der Waals surface area contributed by atoms with E-state index in [-0.39, 0.29) is 12.5 Å². The number of hydrogen-bond donors (Lipinski definition) is 2. The molecule has 0 amide bonds. The molecule has 1 saturated heterocycles. The molecule has 0 bridgehead atoms. The lowest BCUT2D eigenvalue weighted by molar-refractivity contribution is -0.0608. The van der Waals surface area contributed by atoms with Gasteiger partial charge in [0.1, 0.15) is 0 Å². The lowest BCUT2D eigenvalue weighted by atomic mass is 9.86. The lowest BCUT2D eigenvalue weighted by Gasteiger charge is -2.29. The third-order valence-electron chi connectivity index (χ3n) is 2.81. The van der Waals surface area contributed by atoms with E-state index in [1.54, 1.807) is 0 Å². The summed E-state index contributed by atoms with van der Waals surface area (Å²) in [6.45, 7) is 4.24. The Morgan fingerprint density at radius 1 is 1.64 bits per heavy atom. The third kappa shape index (κ3) is 1.28. The van der Waals surface area contributed by atoms with Gasteiger partial charge in [-0.25, -0.2) is 0 Å². The Morgan fingerprint density at radius 2 is 2.27 bits per heavy atom. The zero-order valence-electron chi connectivity index (χ0n) is 7.08. The first-order valence-electron chi connectivity index (χ1n) is 4.09. The Labute approximate surface area is 67.0 Å². The fraction of sp³-hybridized carbons (Fsp3) is 1.00. The predicted molar refractivity (Wildman–Crippen MR) is 41.2 cm³/mol. The first-order valence-corrected chi connectivity index (χ1v) is 4.09. The number of hydrogen-bond acceptors (Lipinski definition) is 3.